The van der Waals surface area contributed by atoms with Crippen molar-refractivity contribution in [2.45, 2.75) is 58.4 Å². The van der Waals surface area contributed by atoms with Gasteiger partial charge in [-0.25, -0.2) is 0 Å². The summed E-state index contributed by atoms with van der Waals surface area (Å²) >= 11 is 0. The smallest absolute Gasteiger partial charge is 0.0331 e. The monoisotopic (exact) mass is 224 g/mol. The van der Waals surface area contributed by atoms with E-state index in [9.17, 15) is 0 Å². The minimum atomic E-state index is 0.301. The maximum Gasteiger partial charge on any atom is 0.0331 e. The van der Waals surface area contributed by atoms with Crippen molar-refractivity contribution in [3.8, 4) is 0 Å². The maximum atomic E-state index is 6.04. The first-order valence-corrected chi connectivity index (χ1v) is 6.99. The second kappa shape index (κ2) is 4.30. The molecule has 0 aromatic rings. The number of likely N-dealkylation sites (tertiary alicyclic amines) is 1. The number of nitrogens with two attached hydrogens (primary N) is 1. The molecule has 2 heteroatoms. The van der Waals surface area contributed by atoms with Crippen LogP contribution in [-0.4, -0.2) is 30.1 Å². The van der Waals surface area contributed by atoms with E-state index in [0.717, 1.165) is 12.5 Å². The quantitative estimate of drug-likeness (QED) is 0.795. The van der Waals surface area contributed by atoms with Gasteiger partial charge in [0.1, 0.15) is 0 Å². The molecule has 94 valence electrons. The van der Waals surface area contributed by atoms with Crippen LogP contribution in [0.25, 0.3) is 0 Å². The molecule has 2 N–H and O–H groups in total. The zero-order valence-corrected chi connectivity index (χ0v) is 11.3. The van der Waals surface area contributed by atoms with Gasteiger partial charge in [-0.05, 0) is 57.0 Å². The van der Waals surface area contributed by atoms with Gasteiger partial charge in [0.2, 0.25) is 0 Å². The summed E-state index contributed by atoms with van der Waals surface area (Å²) in [4.78, 5) is 2.68. The third-order valence-electron chi connectivity index (χ3n) is 5.42. The molecule has 0 amide bonds. The minimum Gasteiger partial charge on any atom is -0.329 e. The van der Waals surface area contributed by atoms with Crippen molar-refractivity contribution < 1.29 is 0 Å². The molecule has 0 aromatic carbocycles. The fraction of sp³-hybridized carbons (Fsp3) is 1.00. The predicted molar refractivity (Wildman–Crippen MR) is 69.4 cm³/mol. The Morgan fingerprint density at radius 3 is 2.25 bits per heavy atom. The van der Waals surface area contributed by atoms with Crippen LogP contribution in [0.5, 0.6) is 0 Å². The molecule has 16 heavy (non-hydrogen) atoms. The zero-order valence-electron chi connectivity index (χ0n) is 11.3. The lowest BCUT2D eigenvalue weighted by Crippen LogP contribution is -2.56. The van der Waals surface area contributed by atoms with Gasteiger partial charge in [-0.1, -0.05) is 20.3 Å². The van der Waals surface area contributed by atoms with Crippen LogP contribution in [0.4, 0.5) is 0 Å². The third-order valence-corrected chi connectivity index (χ3v) is 5.42. The van der Waals surface area contributed by atoms with Crippen LogP contribution in [0.1, 0.15) is 52.9 Å². The summed E-state index contributed by atoms with van der Waals surface area (Å²) in [7, 11) is 0. The van der Waals surface area contributed by atoms with Gasteiger partial charge in [-0.15, -0.1) is 0 Å². The molecular formula is C14H28N2. The van der Waals surface area contributed by atoms with Crippen molar-refractivity contribution in [1.29, 1.82) is 0 Å². The average molecular weight is 224 g/mol. The lowest BCUT2D eigenvalue weighted by molar-refractivity contribution is 0.0223. The Balaban J connectivity index is 1.97. The number of hydrogen-bond donors (Lipinski definition) is 1. The standard InChI is InChI=1S/C14H28N2/c1-4-13(2)7-9-16(10-8-13)14(3,11-15)12-5-6-12/h12H,4-11,15H2,1-3H3. The van der Waals surface area contributed by atoms with Crippen LogP contribution in [0.15, 0.2) is 0 Å². The topological polar surface area (TPSA) is 29.3 Å². The summed E-state index contributed by atoms with van der Waals surface area (Å²) in [5, 5.41) is 0. The number of rotatable bonds is 4. The molecule has 1 saturated carbocycles. The number of piperidine rings is 1. The average Bonchev–Trinajstić information content (AvgIpc) is 3.13. The molecule has 2 fully saturated rings. The van der Waals surface area contributed by atoms with E-state index in [4.69, 9.17) is 5.73 Å². The van der Waals surface area contributed by atoms with Crippen molar-refractivity contribution in [3.63, 3.8) is 0 Å². The fourth-order valence-corrected chi connectivity index (χ4v) is 3.17. The second-order valence-electron chi connectivity index (χ2n) is 6.49. The SMILES string of the molecule is CCC1(C)CCN(C(C)(CN)C2CC2)CC1. The van der Waals surface area contributed by atoms with Gasteiger partial charge in [-0.2, -0.15) is 0 Å². The maximum absolute atomic E-state index is 6.04. The van der Waals surface area contributed by atoms with Gasteiger partial charge < -0.3 is 5.73 Å². The first kappa shape index (κ1) is 12.4. The lowest BCUT2D eigenvalue weighted by atomic mass is 9.76. The summed E-state index contributed by atoms with van der Waals surface area (Å²) in [6, 6.07) is 0. The van der Waals surface area contributed by atoms with Crippen molar-refractivity contribution in [1.82, 2.24) is 4.90 Å². The van der Waals surface area contributed by atoms with Crippen LogP contribution < -0.4 is 5.73 Å². The molecule has 2 nitrogen and oxygen atoms in total. The second-order valence-corrected chi connectivity index (χ2v) is 6.49. The van der Waals surface area contributed by atoms with Gasteiger partial charge >= 0.3 is 0 Å². The highest BCUT2D eigenvalue weighted by atomic mass is 15.2. The summed E-state index contributed by atoms with van der Waals surface area (Å²) in [5.74, 6) is 0.878. The molecule has 0 radical (unpaired) electrons. The van der Waals surface area contributed by atoms with E-state index in [0.29, 0.717) is 11.0 Å². The molecule has 0 spiro atoms. The van der Waals surface area contributed by atoms with Gasteiger partial charge in [0.15, 0.2) is 0 Å². The number of hydrogen-bond acceptors (Lipinski definition) is 2. The molecule has 2 aliphatic rings. The third kappa shape index (κ3) is 2.14. The van der Waals surface area contributed by atoms with Gasteiger partial charge in [0.25, 0.3) is 0 Å². The van der Waals surface area contributed by atoms with Gasteiger partial charge in [0.05, 0.1) is 0 Å². The molecule has 1 aliphatic carbocycles. The van der Waals surface area contributed by atoms with E-state index in [-0.39, 0.29) is 0 Å². The molecule has 1 aliphatic heterocycles. The Bertz CT molecular complexity index is 239. The highest BCUT2D eigenvalue weighted by Gasteiger charge is 2.46. The Kier molecular flexibility index (Phi) is 3.33. The van der Waals surface area contributed by atoms with Crippen molar-refractivity contribution in [2.75, 3.05) is 19.6 Å². The molecule has 0 bridgehead atoms. The highest BCUT2D eigenvalue weighted by molar-refractivity contribution is 5.02. The highest BCUT2D eigenvalue weighted by Crippen LogP contribution is 2.45. The van der Waals surface area contributed by atoms with Crippen LogP contribution in [0.2, 0.25) is 0 Å². The Labute approximate surface area is 101 Å². The van der Waals surface area contributed by atoms with E-state index in [1.54, 1.807) is 0 Å². The first-order chi connectivity index (χ1) is 7.54. The Morgan fingerprint density at radius 1 is 1.31 bits per heavy atom. The molecule has 1 atom stereocenters. The van der Waals surface area contributed by atoms with Crippen molar-refractivity contribution in [3.05, 3.63) is 0 Å². The Morgan fingerprint density at radius 2 is 1.88 bits per heavy atom. The van der Waals surface area contributed by atoms with E-state index in [1.807, 2.05) is 0 Å². The minimum absolute atomic E-state index is 0.301. The summed E-state index contributed by atoms with van der Waals surface area (Å²) in [6.45, 7) is 10.5. The summed E-state index contributed by atoms with van der Waals surface area (Å²) in [5.41, 5.74) is 6.93. The summed E-state index contributed by atoms with van der Waals surface area (Å²) in [6.07, 6.45) is 6.83. The lowest BCUT2D eigenvalue weighted by Gasteiger charge is -2.48. The van der Waals surface area contributed by atoms with Crippen LogP contribution in [0.3, 0.4) is 0 Å². The van der Waals surface area contributed by atoms with Crippen LogP contribution in [0, 0.1) is 11.3 Å². The molecule has 1 saturated heterocycles. The van der Waals surface area contributed by atoms with Crippen LogP contribution in [-0.2, 0) is 0 Å². The molecule has 1 heterocycles. The number of nitrogens with zero attached hydrogens (tertiary/aromatic N) is 1. The Hall–Kier alpha value is -0.0800. The molecular weight excluding hydrogens is 196 g/mol. The van der Waals surface area contributed by atoms with E-state index < -0.39 is 0 Å². The van der Waals surface area contributed by atoms with E-state index in [2.05, 4.69) is 25.7 Å². The predicted octanol–water partition coefficient (Wildman–Crippen LogP) is 2.63. The summed E-state index contributed by atoms with van der Waals surface area (Å²) < 4.78 is 0. The normalized spacial score (nSPS) is 30.0. The molecule has 2 rings (SSSR count). The van der Waals surface area contributed by atoms with Gasteiger partial charge in [-0.3, -0.25) is 4.90 Å². The van der Waals surface area contributed by atoms with Gasteiger partial charge in [0, 0.05) is 12.1 Å². The van der Waals surface area contributed by atoms with Crippen molar-refractivity contribution in [2.24, 2.45) is 17.1 Å². The zero-order chi connectivity index (χ0) is 11.8. The fourth-order valence-electron chi connectivity index (χ4n) is 3.17. The van der Waals surface area contributed by atoms with Crippen molar-refractivity contribution >= 4 is 0 Å². The van der Waals surface area contributed by atoms with Crippen LogP contribution >= 0.6 is 0 Å². The first-order valence-electron chi connectivity index (χ1n) is 6.99. The molecule has 1 unspecified atom stereocenters. The van der Waals surface area contributed by atoms with E-state index >= 15 is 0 Å². The molecule has 0 aromatic heterocycles. The van der Waals surface area contributed by atoms with E-state index in [1.165, 1.54) is 45.2 Å². The largest absolute Gasteiger partial charge is 0.329 e.